The van der Waals surface area contributed by atoms with Crippen LogP contribution in [0, 0.1) is 16.7 Å². The highest BCUT2D eigenvalue weighted by molar-refractivity contribution is 5.90. The lowest BCUT2D eigenvalue weighted by molar-refractivity contribution is -0.0337. The Morgan fingerprint density at radius 2 is 1.63 bits per heavy atom. The first-order chi connectivity index (χ1) is 13.0. The first kappa shape index (κ1) is 18.6. The maximum atomic E-state index is 12.4. The van der Waals surface area contributed by atoms with Gasteiger partial charge in [-0.15, -0.1) is 0 Å². The van der Waals surface area contributed by atoms with Gasteiger partial charge >= 0.3 is 11.9 Å². The highest BCUT2D eigenvalue weighted by Crippen LogP contribution is 2.35. The summed E-state index contributed by atoms with van der Waals surface area (Å²) in [5.74, 6) is -1.05. The highest BCUT2D eigenvalue weighted by Gasteiger charge is 2.50. The molecule has 0 N–H and O–H groups in total. The van der Waals surface area contributed by atoms with E-state index in [0.717, 1.165) is 0 Å². The maximum absolute atomic E-state index is 12.4. The molecule has 27 heavy (non-hydrogen) atoms. The van der Waals surface area contributed by atoms with Crippen LogP contribution in [0.1, 0.15) is 27.6 Å². The van der Waals surface area contributed by atoms with E-state index in [1.165, 1.54) is 0 Å². The topological polar surface area (TPSA) is 85.6 Å². The Morgan fingerprint density at radius 3 is 2.19 bits per heavy atom. The fraction of sp³-hybridized carbons (Fsp3) is 0.286. The molecule has 0 saturated carbocycles. The van der Waals surface area contributed by atoms with Gasteiger partial charge in [-0.3, -0.25) is 0 Å². The van der Waals surface area contributed by atoms with E-state index in [1.54, 1.807) is 67.6 Å². The van der Waals surface area contributed by atoms with Crippen molar-refractivity contribution in [3.63, 3.8) is 0 Å². The molecule has 138 valence electrons. The molecule has 3 atom stereocenters. The van der Waals surface area contributed by atoms with Gasteiger partial charge in [0, 0.05) is 0 Å². The van der Waals surface area contributed by atoms with Crippen molar-refractivity contribution in [2.45, 2.75) is 19.1 Å². The quantitative estimate of drug-likeness (QED) is 0.757. The summed E-state index contributed by atoms with van der Waals surface area (Å²) in [6.45, 7) is 1.64. The standard InChI is InChI=1S/C21H19NO5/c1-21(13-22)14-26-17(12-25-19(23)15-8-4-2-5-9-15)18(21)27-20(24)16-10-6-3-7-11-16/h2-11,17-18H,12,14H2,1H3/t17-,18-,21+/m1/s1. The first-order valence-electron chi connectivity index (χ1n) is 8.54. The summed E-state index contributed by atoms with van der Waals surface area (Å²) in [6, 6.07) is 19.2. The van der Waals surface area contributed by atoms with Gasteiger partial charge in [0.2, 0.25) is 0 Å². The minimum Gasteiger partial charge on any atom is -0.459 e. The number of benzene rings is 2. The summed E-state index contributed by atoms with van der Waals surface area (Å²) in [4.78, 5) is 24.5. The molecule has 1 aliphatic rings. The number of carbonyl (C=O) groups is 2. The van der Waals surface area contributed by atoms with Gasteiger partial charge in [0.1, 0.15) is 18.1 Å². The third kappa shape index (κ3) is 4.15. The summed E-state index contributed by atoms with van der Waals surface area (Å²) in [5, 5.41) is 9.52. The van der Waals surface area contributed by atoms with Gasteiger partial charge in [-0.05, 0) is 31.2 Å². The van der Waals surface area contributed by atoms with Gasteiger partial charge in [-0.2, -0.15) is 5.26 Å². The normalized spacial score (nSPS) is 24.0. The molecule has 6 nitrogen and oxygen atoms in total. The predicted octanol–water partition coefficient (Wildman–Crippen LogP) is 3.00. The number of ether oxygens (including phenoxy) is 3. The Morgan fingerprint density at radius 1 is 1.07 bits per heavy atom. The molecule has 0 spiro atoms. The minimum absolute atomic E-state index is 0.0871. The largest absolute Gasteiger partial charge is 0.459 e. The molecule has 2 aromatic carbocycles. The number of hydrogen-bond acceptors (Lipinski definition) is 6. The highest BCUT2D eigenvalue weighted by atomic mass is 16.6. The van der Waals surface area contributed by atoms with E-state index in [-0.39, 0.29) is 13.2 Å². The number of rotatable bonds is 5. The van der Waals surface area contributed by atoms with Crippen LogP contribution in [0.4, 0.5) is 0 Å². The van der Waals surface area contributed by atoms with Crippen LogP contribution in [0.5, 0.6) is 0 Å². The third-order valence-corrected chi connectivity index (χ3v) is 4.45. The van der Waals surface area contributed by atoms with Crippen molar-refractivity contribution in [1.29, 1.82) is 5.26 Å². The molecule has 0 radical (unpaired) electrons. The van der Waals surface area contributed by atoms with Crippen LogP contribution in [-0.2, 0) is 14.2 Å². The van der Waals surface area contributed by atoms with Gasteiger partial charge in [0.15, 0.2) is 6.10 Å². The molecule has 0 aromatic heterocycles. The zero-order chi connectivity index (χ0) is 19.3. The molecule has 6 heteroatoms. The molecular formula is C21H19NO5. The van der Waals surface area contributed by atoms with E-state index in [0.29, 0.717) is 11.1 Å². The van der Waals surface area contributed by atoms with E-state index < -0.39 is 29.6 Å². The number of hydrogen-bond donors (Lipinski definition) is 0. The average Bonchev–Trinajstić information content (AvgIpc) is 3.03. The summed E-state index contributed by atoms with van der Waals surface area (Å²) in [6.07, 6.45) is -1.56. The summed E-state index contributed by atoms with van der Waals surface area (Å²) in [5.41, 5.74) is -0.227. The molecule has 1 heterocycles. The van der Waals surface area contributed by atoms with E-state index in [4.69, 9.17) is 14.2 Å². The zero-order valence-electron chi connectivity index (χ0n) is 14.8. The van der Waals surface area contributed by atoms with Crippen molar-refractivity contribution in [2.75, 3.05) is 13.2 Å². The van der Waals surface area contributed by atoms with E-state index in [2.05, 4.69) is 6.07 Å². The molecular weight excluding hydrogens is 346 g/mol. The Hall–Kier alpha value is -3.17. The molecule has 0 aliphatic carbocycles. The monoisotopic (exact) mass is 365 g/mol. The fourth-order valence-electron chi connectivity index (χ4n) is 2.87. The van der Waals surface area contributed by atoms with Crippen molar-refractivity contribution >= 4 is 11.9 Å². The molecule has 2 aromatic rings. The Kier molecular flexibility index (Phi) is 5.53. The van der Waals surface area contributed by atoms with Gasteiger partial charge < -0.3 is 14.2 Å². The fourth-order valence-corrected chi connectivity index (χ4v) is 2.87. The second-order valence-electron chi connectivity index (χ2n) is 6.54. The molecule has 0 bridgehead atoms. The SMILES string of the molecule is C[C@]1(C#N)CO[C@H](COC(=O)c2ccccc2)[C@H]1OC(=O)c1ccccc1. The second-order valence-corrected chi connectivity index (χ2v) is 6.54. The number of carbonyl (C=O) groups excluding carboxylic acids is 2. The van der Waals surface area contributed by atoms with Gasteiger partial charge in [-0.1, -0.05) is 36.4 Å². The first-order valence-corrected chi connectivity index (χ1v) is 8.54. The van der Waals surface area contributed by atoms with Crippen LogP contribution < -0.4 is 0 Å². The molecule has 1 aliphatic heterocycles. The van der Waals surface area contributed by atoms with Crippen molar-refractivity contribution in [1.82, 2.24) is 0 Å². The van der Waals surface area contributed by atoms with Crippen LogP contribution >= 0.6 is 0 Å². The maximum Gasteiger partial charge on any atom is 0.338 e. The van der Waals surface area contributed by atoms with E-state index in [9.17, 15) is 14.9 Å². The smallest absolute Gasteiger partial charge is 0.338 e. The Balaban J connectivity index is 1.69. The zero-order valence-corrected chi connectivity index (χ0v) is 14.8. The van der Waals surface area contributed by atoms with Crippen LogP contribution in [-0.4, -0.2) is 37.4 Å². The molecule has 1 saturated heterocycles. The van der Waals surface area contributed by atoms with Gasteiger partial charge in [0.05, 0.1) is 23.8 Å². The van der Waals surface area contributed by atoms with Gasteiger partial charge in [0.25, 0.3) is 0 Å². The third-order valence-electron chi connectivity index (χ3n) is 4.45. The van der Waals surface area contributed by atoms with Crippen molar-refractivity contribution < 1.29 is 23.8 Å². The Bertz CT molecular complexity index is 846. The second kappa shape index (κ2) is 8.02. The Labute approximate surface area is 157 Å². The molecule has 3 rings (SSSR count). The minimum atomic E-state index is -1.02. The van der Waals surface area contributed by atoms with Gasteiger partial charge in [-0.25, -0.2) is 9.59 Å². The lowest BCUT2D eigenvalue weighted by Crippen LogP contribution is -2.40. The lowest BCUT2D eigenvalue weighted by Gasteiger charge is -2.25. The molecule has 0 amide bonds. The van der Waals surface area contributed by atoms with Crippen LogP contribution in [0.15, 0.2) is 60.7 Å². The summed E-state index contributed by atoms with van der Waals surface area (Å²) < 4.78 is 16.5. The van der Waals surface area contributed by atoms with Crippen molar-refractivity contribution in [3.05, 3.63) is 71.8 Å². The molecule has 1 fully saturated rings. The average molecular weight is 365 g/mol. The van der Waals surface area contributed by atoms with Crippen LogP contribution in [0.2, 0.25) is 0 Å². The van der Waals surface area contributed by atoms with Crippen LogP contribution in [0.3, 0.4) is 0 Å². The molecule has 0 unspecified atom stereocenters. The van der Waals surface area contributed by atoms with Crippen molar-refractivity contribution in [2.24, 2.45) is 5.41 Å². The predicted molar refractivity (Wildman–Crippen MR) is 95.8 cm³/mol. The summed E-state index contributed by atoms with van der Waals surface area (Å²) >= 11 is 0. The van der Waals surface area contributed by atoms with Crippen LogP contribution in [0.25, 0.3) is 0 Å². The number of esters is 2. The summed E-state index contributed by atoms with van der Waals surface area (Å²) in [7, 11) is 0. The van der Waals surface area contributed by atoms with Crippen molar-refractivity contribution in [3.8, 4) is 6.07 Å². The van der Waals surface area contributed by atoms with E-state index >= 15 is 0 Å². The lowest BCUT2D eigenvalue weighted by atomic mass is 9.86. The number of nitriles is 1. The number of nitrogens with zero attached hydrogens (tertiary/aromatic N) is 1. The van der Waals surface area contributed by atoms with E-state index in [1.807, 2.05) is 0 Å².